The van der Waals surface area contributed by atoms with Gasteiger partial charge in [-0.3, -0.25) is 4.79 Å². The Hall–Kier alpha value is -1.33. The minimum absolute atomic E-state index is 0.133. The summed E-state index contributed by atoms with van der Waals surface area (Å²) >= 11 is 0. The van der Waals surface area contributed by atoms with Gasteiger partial charge in [0.25, 0.3) is 0 Å². The Morgan fingerprint density at radius 2 is 0.776 bits per heavy atom. The summed E-state index contributed by atoms with van der Waals surface area (Å²) in [5.74, 6) is -0.137. The maximum atomic E-state index is 13.1. The molecule has 450 valence electrons. The number of rotatable bonds is 59. The van der Waals surface area contributed by atoms with Gasteiger partial charge in [0, 0.05) is 6.42 Å². The van der Waals surface area contributed by atoms with Crippen molar-refractivity contribution in [2.45, 2.75) is 384 Å². The lowest BCUT2D eigenvalue weighted by molar-refractivity contribution is -0.302. The predicted octanol–water partition coefficient (Wildman–Crippen LogP) is 17.7. The molecule has 9 nitrogen and oxygen atoms in total. The van der Waals surface area contributed by atoms with E-state index < -0.39 is 49.5 Å². The molecule has 0 aromatic carbocycles. The number of ether oxygens (including phenoxy) is 2. The van der Waals surface area contributed by atoms with Crippen LogP contribution in [0.15, 0.2) is 24.3 Å². The molecule has 0 aromatic rings. The standard InChI is InChI=1S/C67H129NO8/c1-3-5-7-9-11-13-15-17-19-20-21-22-23-24-25-26-27-28-29-30-31-32-33-34-35-36-37-38-39-40-41-42-43-45-47-49-51-53-55-57-63(71)68-60(59-75-67-66(74)65(73)64(72)62(58-69)76-67)61(70)56-54-52-50-48-46-44-18-16-14-12-10-8-6-4-2/h15,17,20-21,60-62,64-67,69-70,72-74H,3-14,16,18-19,22-59H2,1-2H3,(H,68,71)/b17-15-,21-20-. The number of hydrogen-bond donors (Lipinski definition) is 6. The third-order valence-electron chi connectivity index (χ3n) is 16.3. The van der Waals surface area contributed by atoms with Crippen LogP contribution in [0.5, 0.6) is 0 Å². The summed E-state index contributed by atoms with van der Waals surface area (Å²) in [7, 11) is 0. The molecule has 1 rings (SSSR count). The van der Waals surface area contributed by atoms with E-state index in [9.17, 15) is 30.3 Å². The Morgan fingerprint density at radius 1 is 0.447 bits per heavy atom. The second-order valence-corrected chi connectivity index (χ2v) is 23.6. The quantitative estimate of drug-likeness (QED) is 0.0261. The van der Waals surface area contributed by atoms with Gasteiger partial charge in [0.05, 0.1) is 25.4 Å². The molecule has 0 bridgehead atoms. The van der Waals surface area contributed by atoms with E-state index in [-0.39, 0.29) is 12.5 Å². The highest BCUT2D eigenvalue weighted by molar-refractivity contribution is 5.76. The van der Waals surface area contributed by atoms with Crippen LogP contribution in [0.3, 0.4) is 0 Å². The Balaban J connectivity index is 2.01. The first-order valence-electron chi connectivity index (χ1n) is 33.5. The topological polar surface area (TPSA) is 149 Å². The van der Waals surface area contributed by atoms with Crippen molar-refractivity contribution in [2.24, 2.45) is 0 Å². The Bertz CT molecular complexity index is 1250. The molecular weight excluding hydrogens is 947 g/mol. The largest absolute Gasteiger partial charge is 0.394 e. The van der Waals surface area contributed by atoms with Gasteiger partial charge in [0.1, 0.15) is 24.4 Å². The molecule has 1 heterocycles. The molecule has 1 aliphatic rings. The van der Waals surface area contributed by atoms with Crippen LogP contribution in [0.4, 0.5) is 0 Å². The zero-order chi connectivity index (χ0) is 55.0. The van der Waals surface area contributed by atoms with Gasteiger partial charge in [0.15, 0.2) is 6.29 Å². The molecule has 1 saturated heterocycles. The average molecular weight is 1080 g/mol. The van der Waals surface area contributed by atoms with Gasteiger partial charge in [-0.2, -0.15) is 0 Å². The number of unbranched alkanes of at least 4 members (excludes halogenated alkanes) is 45. The van der Waals surface area contributed by atoms with Crippen molar-refractivity contribution >= 4 is 5.91 Å². The third-order valence-corrected chi connectivity index (χ3v) is 16.3. The molecule has 9 heteroatoms. The smallest absolute Gasteiger partial charge is 0.220 e. The lowest BCUT2D eigenvalue weighted by atomic mass is 9.99. The van der Waals surface area contributed by atoms with E-state index >= 15 is 0 Å². The summed E-state index contributed by atoms with van der Waals surface area (Å²) in [6.07, 6.45) is 66.9. The molecule has 0 aliphatic carbocycles. The van der Waals surface area contributed by atoms with Gasteiger partial charge in [-0.1, -0.05) is 314 Å². The number of carbonyl (C=O) groups is 1. The zero-order valence-corrected chi connectivity index (χ0v) is 50.3. The van der Waals surface area contributed by atoms with Crippen LogP contribution >= 0.6 is 0 Å². The van der Waals surface area contributed by atoms with Gasteiger partial charge in [-0.25, -0.2) is 0 Å². The second kappa shape index (κ2) is 56.9. The molecule has 0 spiro atoms. The normalized spacial score (nSPS) is 18.9. The molecule has 0 aromatic heterocycles. The summed E-state index contributed by atoms with van der Waals surface area (Å²) < 4.78 is 11.3. The monoisotopic (exact) mass is 1080 g/mol. The number of allylic oxidation sites excluding steroid dienone is 4. The lowest BCUT2D eigenvalue weighted by Gasteiger charge is -2.40. The van der Waals surface area contributed by atoms with Crippen LogP contribution in [0.2, 0.25) is 0 Å². The molecule has 1 fully saturated rings. The van der Waals surface area contributed by atoms with Crippen molar-refractivity contribution in [2.75, 3.05) is 13.2 Å². The van der Waals surface area contributed by atoms with E-state index in [1.165, 1.54) is 270 Å². The van der Waals surface area contributed by atoms with Crippen molar-refractivity contribution in [1.29, 1.82) is 0 Å². The van der Waals surface area contributed by atoms with E-state index in [1.807, 2.05) is 0 Å². The van der Waals surface area contributed by atoms with Crippen molar-refractivity contribution in [3.63, 3.8) is 0 Å². The first-order valence-corrected chi connectivity index (χ1v) is 33.5. The van der Waals surface area contributed by atoms with Crippen LogP contribution in [0.25, 0.3) is 0 Å². The number of carbonyl (C=O) groups excluding carboxylic acids is 1. The SMILES string of the molecule is CCCCCCC/C=C\C/C=C\CCCCCCCCCCCCCCCCCCCCCCCCCCCCCC(=O)NC(COC1OC(CO)C(O)C(O)C1O)C(O)CCCCCCCCCCCCCCCC. The summed E-state index contributed by atoms with van der Waals surface area (Å²) in [6, 6.07) is -0.715. The van der Waals surface area contributed by atoms with E-state index in [4.69, 9.17) is 9.47 Å². The highest BCUT2D eigenvalue weighted by atomic mass is 16.7. The van der Waals surface area contributed by atoms with Crippen molar-refractivity contribution in [3.05, 3.63) is 24.3 Å². The minimum atomic E-state index is -1.55. The van der Waals surface area contributed by atoms with Crippen molar-refractivity contribution in [1.82, 2.24) is 5.32 Å². The molecule has 76 heavy (non-hydrogen) atoms. The molecule has 7 atom stereocenters. The van der Waals surface area contributed by atoms with E-state index in [2.05, 4.69) is 43.5 Å². The van der Waals surface area contributed by atoms with Crippen molar-refractivity contribution < 1.29 is 39.8 Å². The number of aliphatic hydroxyl groups excluding tert-OH is 5. The molecule has 1 aliphatic heterocycles. The number of nitrogens with one attached hydrogen (secondary N) is 1. The van der Waals surface area contributed by atoms with E-state index in [1.54, 1.807) is 0 Å². The van der Waals surface area contributed by atoms with Crippen LogP contribution in [0.1, 0.15) is 341 Å². The van der Waals surface area contributed by atoms with Crippen LogP contribution in [0, 0.1) is 0 Å². The predicted molar refractivity (Wildman–Crippen MR) is 323 cm³/mol. The molecular formula is C67H129NO8. The number of hydrogen-bond acceptors (Lipinski definition) is 8. The molecule has 0 saturated carbocycles. The number of amides is 1. The van der Waals surface area contributed by atoms with E-state index in [0.29, 0.717) is 12.8 Å². The minimum Gasteiger partial charge on any atom is -0.394 e. The van der Waals surface area contributed by atoms with Gasteiger partial charge in [0.2, 0.25) is 5.91 Å². The van der Waals surface area contributed by atoms with E-state index in [0.717, 1.165) is 44.9 Å². The lowest BCUT2D eigenvalue weighted by Crippen LogP contribution is -2.60. The summed E-state index contributed by atoms with van der Waals surface area (Å²) in [4.78, 5) is 13.1. The van der Waals surface area contributed by atoms with Crippen LogP contribution < -0.4 is 5.32 Å². The maximum Gasteiger partial charge on any atom is 0.220 e. The Morgan fingerprint density at radius 3 is 1.13 bits per heavy atom. The highest BCUT2D eigenvalue weighted by Gasteiger charge is 2.44. The Kier molecular flexibility index (Phi) is 54.4. The Labute approximate surface area is 470 Å². The van der Waals surface area contributed by atoms with Crippen LogP contribution in [-0.4, -0.2) is 87.5 Å². The van der Waals surface area contributed by atoms with Crippen molar-refractivity contribution in [3.8, 4) is 0 Å². The van der Waals surface area contributed by atoms with Gasteiger partial charge >= 0.3 is 0 Å². The van der Waals surface area contributed by atoms with Gasteiger partial charge < -0.3 is 40.3 Å². The fourth-order valence-corrected chi connectivity index (χ4v) is 11.0. The second-order valence-electron chi connectivity index (χ2n) is 23.6. The fourth-order valence-electron chi connectivity index (χ4n) is 11.0. The average Bonchev–Trinajstić information content (AvgIpc) is 3.42. The maximum absolute atomic E-state index is 13.1. The van der Waals surface area contributed by atoms with Gasteiger partial charge in [-0.15, -0.1) is 0 Å². The molecule has 0 radical (unpaired) electrons. The molecule has 6 N–H and O–H groups in total. The summed E-state index contributed by atoms with van der Waals surface area (Å²) in [5, 5.41) is 54.7. The fraction of sp³-hybridized carbons (Fsp3) is 0.925. The van der Waals surface area contributed by atoms with Gasteiger partial charge in [-0.05, 0) is 44.9 Å². The summed E-state index contributed by atoms with van der Waals surface area (Å²) in [6.45, 7) is 3.86. The molecule has 7 unspecified atom stereocenters. The summed E-state index contributed by atoms with van der Waals surface area (Å²) in [5.41, 5.74) is 0. The first kappa shape index (κ1) is 72.7. The molecule has 1 amide bonds. The third kappa shape index (κ3) is 45.4. The first-order chi connectivity index (χ1) is 37.3. The number of aliphatic hydroxyl groups is 5. The highest BCUT2D eigenvalue weighted by Crippen LogP contribution is 2.24. The zero-order valence-electron chi connectivity index (χ0n) is 50.3. The van der Waals surface area contributed by atoms with Crippen LogP contribution in [-0.2, 0) is 14.3 Å².